The number of anilines is 1. The Balaban J connectivity index is 2.18. The van der Waals surface area contributed by atoms with Gasteiger partial charge in [0.1, 0.15) is 5.76 Å². The molecule has 0 fully saturated rings. The molecule has 6 heteroatoms. The minimum absolute atomic E-state index is 0.473. The van der Waals surface area contributed by atoms with E-state index in [1.165, 1.54) is 4.90 Å². The number of benzene rings is 1. The molecule has 2 amide bonds. The average molecular weight is 301 g/mol. The molecule has 1 N–H and O–H groups in total. The number of oxazole rings is 1. The number of nitrogens with one attached hydrogen (secondary N) is 1. The molecule has 0 atom stereocenters. The highest BCUT2D eigenvalue weighted by atomic mass is 16.4. The van der Waals surface area contributed by atoms with Crippen LogP contribution in [-0.2, 0) is 9.59 Å². The number of amides is 2. The van der Waals surface area contributed by atoms with E-state index < -0.39 is 11.8 Å². The molecule has 0 radical (unpaired) electrons. The molecule has 6 nitrogen and oxygen atoms in total. The second kappa shape index (κ2) is 6.43. The van der Waals surface area contributed by atoms with Crippen molar-refractivity contribution in [1.29, 1.82) is 0 Å². The number of aromatic nitrogens is 1. The summed E-state index contributed by atoms with van der Waals surface area (Å²) in [5.74, 6) is 0.00395. The number of likely N-dealkylation sites (N-methyl/N-ethyl adjacent to an activating group) is 1. The molecule has 1 heterocycles. The Hall–Kier alpha value is -2.63. The van der Waals surface area contributed by atoms with E-state index in [4.69, 9.17) is 4.42 Å². The third-order valence-corrected chi connectivity index (χ3v) is 3.41. The van der Waals surface area contributed by atoms with E-state index in [0.29, 0.717) is 18.1 Å². The first-order chi connectivity index (χ1) is 10.4. The maximum Gasteiger partial charge on any atom is 0.313 e. The van der Waals surface area contributed by atoms with Crippen molar-refractivity contribution in [1.82, 2.24) is 9.88 Å². The highest BCUT2D eigenvalue weighted by Gasteiger charge is 2.18. The summed E-state index contributed by atoms with van der Waals surface area (Å²) in [5.41, 5.74) is 2.09. The molecule has 0 spiro atoms. The summed E-state index contributed by atoms with van der Waals surface area (Å²) in [7, 11) is 1.58. The fourth-order valence-corrected chi connectivity index (χ4v) is 1.83. The number of carbonyl (C=O) groups excluding carboxylic acids is 2. The van der Waals surface area contributed by atoms with Crippen molar-refractivity contribution in [3.63, 3.8) is 0 Å². The van der Waals surface area contributed by atoms with Gasteiger partial charge in [0.2, 0.25) is 5.89 Å². The van der Waals surface area contributed by atoms with Crippen molar-refractivity contribution in [2.24, 2.45) is 0 Å². The zero-order chi connectivity index (χ0) is 16.3. The normalized spacial score (nSPS) is 10.4. The highest BCUT2D eigenvalue weighted by molar-refractivity contribution is 6.39. The Morgan fingerprint density at radius 3 is 2.64 bits per heavy atom. The van der Waals surface area contributed by atoms with Crippen LogP contribution in [0.1, 0.15) is 18.4 Å². The van der Waals surface area contributed by atoms with Crippen molar-refractivity contribution in [2.45, 2.75) is 20.8 Å². The summed E-state index contributed by atoms with van der Waals surface area (Å²) in [6.45, 7) is 5.99. The first-order valence-corrected chi connectivity index (χ1v) is 7.03. The SMILES string of the molecule is CCN(C)C(=O)C(=O)Nc1cccc(-c2nc(C)c(C)o2)c1. The molecular formula is C16H19N3O3. The molecule has 116 valence electrons. The van der Waals surface area contributed by atoms with Crippen LogP contribution in [0.2, 0.25) is 0 Å². The number of rotatable bonds is 3. The first-order valence-electron chi connectivity index (χ1n) is 7.03. The molecule has 2 rings (SSSR count). The van der Waals surface area contributed by atoms with Crippen LogP contribution >= 0.6 is 0 Å². The van der Waals surface area contributed by atoms with Gasteiger partial charge in [-0.1, -0.05) is 6.07 Å². The zero-order valence-corrected chi connectivity index (χ0v) is 13.1. The molecule has 1 aromatic heterocycles. The van der Waals surface area contributed by atoms with Crippen molar-refractivity contribution >= 4 is 17.5 Å². The molecule has 0 bridgehead atoms. The third-order valence-electron chi connectivity index (χ3n) is 3.41. The van der Waals surface area contributed by atoms with Gasteiger partial charge in [0.05, 0.1) is 5.69 Å². The van der Waals surface area contributed by atoms with Gasteiger partial charge in [-0.05, 0) is 39.0 Å². The predicted molar refractivity (Wildman–Crippen MR) is 83.4 cm³/mol. The molecule has 22 heavy (non-hydrogen) atoms. The average Bonchev–Trinajstić information content (AvgIpc) is 2.85. The molecule has 0 aliphatic heterocycles. The molecule has 1 aromatic carbocycles. The van der Waals surface area contributed by atoms with E-state index in [1.54, 1.807) is 32.2 Å². The van der Waals surface area contributed by atoms with Crippen molar-refractivity contribution in [3.05, 3.63) is 35.7 Å². The van der Waals surface area contributed by atoms with Crippen molar-refractivity contribution in [3.8, 4) is 11.5 Å². The van der Waals surface area contributed by atoms with E-state index in [-0.39, 0.29) is 0 Å². The number of hydrogen-bond donors (Lipinski definition) is 1. The van der Waals surface area contributed by atoms with Crippen LogP contribution in [0.3, 0.4) is 0 Å². The second-order valence-corrected chi connectivity index (χ2v) is 5.01. The van der Waals surface area contributed by atoms with Gasteiger partial charge in [-0.25, -0.2) is 4.98 Å². The third kappa shape index (κ3) is 3.33. The maximum atomic E-state index is 11.9. The Morgan fingerprint density at radius 1 is 1.32 bits per heavy atom. The molecule has 0 aliphatic rings. The lowest BCUT2D eigenvalue weighted by atomic mass is 10.2. The summed E-state index contributed by atoms with van der Waals surface area (Å²) < 4.78 is 5.56. The fourth-order valence-electron chi connectivity index (χ4n) is 1.83. The molecule has 2 aromatic rings. The minimum Gasteiger partial charge on any atom is -0.441 e. The van der Waals surface area contributed by atoms with Gasteiger partial charge in [-0.3, -0.25) is 9.59 Å². The van der Waals surface area contributed by atoms with Gasteiger partial charge in [0.15, 0.2) is 0 Å². The number of carbonyl (C=O) groups is 2. The molecule has 0 unspecified atom stereocenters. The minimum atomic E-state index is -0.665. The smallest absolute Gasteiger partial charge is 0.313 e. The quantitative estimate of drug-likeness (QED) is 0.883. The number of nitrogens with zero attached hydrogens (tertiary/aromatic N) is 2. The standard InChI is InChI=1S/C16H19N3O3/c1-5-19(4)16(21)14(20)18-13-8-6-7-12(9-13)15-17-10(2)11(3)22-15/h6-9H,5H2,1-4H3,(H,18,20). The van der Waals surface area contributed by atoms with Crippen LogP contribution in [0, 0.1) is 13.8 Å². The fraction of sp³-hybridized carbons (Fsp3) is 0.312. The van der Waals surface area contributed by atoms with E-state index in [1.807, 2.05) is 19.9 Å². The zero-order valence-electron chi connectivity index (χ0n) is 13.1. The van der Waals surface area contributed by atoms with E-state index >= 15 is 0 Å². The molecule has 0 saturated heterocycles. The van der Waals surface area contributed by atoms with Crippen LogP contribution in [0.25, 0.3) is 11.5 Å². The largest absolute Gasteiger partial charge is 0.441 e. The van der Waals surface area contributed by atoms with Crippen LogP contribution < -0.4 is 5.32 Å². The summed E-state index contributed by atoms with van der Waals surface area (Å²) in [6.07, 6.45) is 0. The topological polar surface area (TPSA) is 75.4 Å². The highest BCUT2D eigenvalue weighted by Crippen LogP contribution is 2.24. The van der Waals surface area contributed by atoms with Gasteiger partial charge in [-0.2, -0.15) is 0 Å². The Labute approximate surface area is 129 Å². The predicted octanol–water partition coefficient (Wildman–Crippen LogP) is 2.38. The Bertz CT molecular complexity index is 687. The van der Waals surface area contributed by atoms with Crippen molar-refractivity contribution in [2.75, 3.05) is 18.9 Å². The molecular weight excluding hydrogens is 282 g/mol. The first kappa shape index (κ1) is 15.8. The lowest BCUT2D eigenvalue weighted by Gasteiger charge is -2.13. The maximum absolute atomic E-state index is 11.9. The van der Waals surface area contributed by atoms with Gasteiger partial charge in [-0.15, -0.1) is 0 Å². The van der Waals surface area contributed by atoms with Crippen LogP contribution in [-0.4, -0.2) is 35.3 Å². The van der Waals surface area contributed by atoms with Crippen LogP contribution in [0.4, 0.5) is 5.69 Å². The number of hydrogen-bond acceptors (Lipinski definition) is 4. The monoisotopic (exact) mass is 301 g/mol. The van der Waals surface area contributed by atoms with Gasteiger partial charge >= 0.3 is 11.8 Å². The van der Waals surface area contributed by atoms with E-state index in [0.717, 1.165) is 17.0 Å². The van der Waals surface area contributed by atoms with E-state index in [2.05, 4.69) is 10.3 Å². The van der Waals surface area contributed by atoms with Gasteiger partial charge < -0.3 is 14.6 Å². The Kier molecular flexibility index (Phi) is 4.60. The number of aryl methyl sites for hydroxylation is 2. The second-order valence-electron chi connectivity index (χ2n) is 5.01. The van der Waals surface area contributed by atoms with E-state index in [9.17, 15) is 9.59 Å². The summed E-state index contributed by atoms with van der Waals surface area (Å²) in [6, 6.07) is 7.04. The lowest BCUT2D eigenvalue weighted by molar-refractivity contribution is -0.142. The summed E-state index contributed by atoms with van der Waals surface area (Å²) >= 11 is 0. The molecule has 0 aliphatic carbocycles. The Morgan fingerprint density at radius 2 is 2.05 bits per heavy atom. The van der Waals surface area contributed by atoms with Crippen LogP contribution in [0.5, 0.6) is 0 Å². The van der Waals surface area contributed by atoms with Crippen LogP contribution in [0.15, 0.2) is 28.7 Å². The summed E-state index contributed by atoms with van der Waals surface area (Å²) in [5, 5.41) is 2.59. The van der Waals surface area contributed by atoms with Crippen molar-refractivity contribution < 1.29 is 14.0 Å². The van der Waals surface area contributed by atoms with Gasteiger partial charge in [0.25, 0.3) is 0 Å². The lowest BCUT2D eigenvalue weighted by Crippen LogP contribution is -2.36. The molecule has 0 saturated carbocycles. The summed E-state index contributed by atoms with van der Waals surface area (Å²) in [4.78, 5) is 29.3. The van der Waals surface area contributed by atoms with Gasteiger partial charge in [0, 0.05) is 24.8 Å².